The van der Waals surface area contributed by atoms with Crippen molar-refractivity contribution in [3.8, 4) is 0 Å². The number of nitrogens with zero attached hydrogens (tertiary/aromatic N) is 2. The summed E-state index contributed by atoms with van der Waals surface area (Å²) in [7, 11) is 0. The maximum atomic E-state index is 12.4. The van der Waals surface area contributed by atoms with Crippen LogP contribution in [0.3, 0.4) is 0 Å². The Kier molecular flexibility index (Phi) is 6.97. The van der Waals surface area contributed by atoms with E-state index in [4.69, 9.17) is 0 Å². The molecule has 24 heavy (non-hydrogen) atoms. The standard InChI is InChI=1S/C18H27N3O2S/c1-4-6-13(2)19-18(23)15-7-5-10-21(11-15)17(22)9-8-16-12-24-14(3)20-16/h8-9,12-13,15H,4-7,10-11H2,1-3H3,(H,19,23)/b9-8-/t13-,15+/m0/s1. The van der Waals surface area contributed by atoms with Crippen LogP contribution in [-0.2, 0) is 9.59 Å². The molecular weight excluding hydrogens is 322 g/mol. The Hall–Kier alpha value is -1.69. The maximum Gasteiger partial charge on any atom is 0.246 e. The van der Waals surface area contributed by atoms with Crippen molar-refractivity contribution in [1.29, 1.82) is 0 Å². The summed E-state index contributed by atoms with van der Waals surface area (Å²) in [6.07, 6.45) is 7.07. The molecule has 0 aromatic carbocycles. The van der Waals surface area contributed by atoms with Crippen molar-refractivity contribution in [3.05, 3.63) is 22.2 Å². The zero-order valence-electron chi connectivity index (χ0n) is 14.7. The van der Waals surface area contributed by atoms with Crippen molar-refractivity contribution in [2.24, 2.45) is 5.92 Å². The first-order chi connectivity index (χ1) is 11.5. The minimum Gasteiger partial charge on any atom is -0.353 e. The van der Waals surface area contributed by atoms with E-state index >= 15 is 0 Å². The lowest BCUT2D eigenvalue weighted by Crippen LogP contribution is -2.46. The fourth-order valence-electron chi connectivity index (χ4n) is 2.98. The molecular formula is C18H27N3O2S. The Morgan fingerprint density at radius 3 is 3.00 bits per heavy atom. The number of nitrogens with one attached hydrogen (secondary N) is 1. The van der Waals surface area contributed by atoms with E-state index in [0.29, 0.717) is 13.1 Å². The van der Waals surface area contributed by atoms with Gasteiger partial charge in [0.15, 0.2) is 0 Å². The minimum absolute atomic E-state index is 0.0419. The predicted molar refractivity (Wildman–Crippen MR) is 97.7 cm³/mol. The quantitative estimate of drug-likeness (QED) is 0.803. The highest BCUT2D eigenvalue weighted by Gasteiger charge is 2.28. The zero-order chi connectivity index (χ0) is 17.5. The van der Waals surface area contributed by atoms with Gasteiger partial charge in [0, 0.05) is 30.6 Å². The molecule has 1 N–H and O–H groups in total. The van der Waals surface area contributed by atoms with Crippen molar-refractivity contribution in [2.45, 2.75) is 52.5 Å². The Bertz CT molecular complexity index is 597. The number of carbonyl (C=O) groups is 2. The van der Waals surface area contributed by atoms with E-state index in [1.807, 2.05) is 19.2 Å². The van der Waals surface area contributed by atoms with Crippen molar-refractivity contribution >= 4 is 29.2 Å². The summed E-state index contributed by atoms with van der Waals surface area (Å²) >= 11 is 1.57. The number of hydrogen-bond acceptors (Lipinski definition) is 4. The summed E-state index contributed by atoms with van der Waals surface area (Å²) in [5.74, 6) is -0.0655. The van der Waals surface area contributed by atoms with E-state index in [9.17, 15) is 9.59 Å². The first kappa shape index (κ1) is 18.6. The smallest absolute Gasteiger partial charge is 0.246 e. The monoisotopic (exact) mass is 349 g/mol. The molecule has 2 heterocycles. The van der Waals surface area contributed by atoms with Crippen molar-refractivity contribution in [3.63, 3.8) is 0 Å². The second kappa shape index (κ2) is 8.97. The predicted octanol–water partition coefficient (Wildman–Crippen LogP) is 3.01. The molecule has 6 heteroatoms. The lowest BCUT2D eigenvalue weighted by molar-refractivity contribution is -0.132. The average molecular weight is 350 g/mol. The van der Waals surface area contributed by atoms with E-state index in [1.165, 1.54) is 0 Å². The van der Waals surface area contributed by atoms with Crippen LogP contribution in [-0.4, -0.2) is 40.8 Å². The molecule has 1 fully saturated rings. The number of amides is 2. The normalized spacial score (nSPS) is 19.5. The van der Waals surface area contributed by atoms with Crippen LogP contribution < -0.4 is 5.32 Å². The van der Waals surface area contributed by atoms with E-state index in [2.05, 4.69) is 17.2 Å². The summed E-state index contributed by atoms with van der Waals surface area (Å²) in [5.41, 5.74) is 0.811. The Labute approximate surface area is 148 Å². The van der Waals surface area contributed by atoms with Crippen molar-refractivity contribution < 1.29 is 9.59 Å². The zero-order valence-corrected chi connectivity index (χ0v) is 15.6. The van der Waals surface area contributed by atoms with Crippen LogP contribution in [0.1, 0.15) is 50.2 Å². The lowest BCUT2D eigenvalue weighted by Gasteiger charge is -2.32. The number of carbonyl (C=O) groups excluding carboxylic acids is 2. The molecule has 1 aromatic rings. The first-order valence-electron chi connectivity index (χ1n) is 8.69. The van der Waals surface area contributed by atoms with Crippen molar-refractivity contribution in [1.82, 2.24) is 15.2 Å². The van der Waals surface area contributed by atoms with Gasteiger partial charge in [0.05, 0.1) is 16.6 Å². The highest BCUT2D eigenvalue weighted by atomic mass is 32.1. The summed E-state index contributed by atoms with van der Waals surface area (Å²) in [5, 5.41) is 5.98. The van der Waals surface area contributed by atoms with Crippen LogP contribution in [0.5, 0.6) is 0 Å². The third-order valence-electron chi connectivity index (χ3n) is 4.25. The topological polar surface area (TPSA) is 62.3 Å². The van der Waals surface area contributed by atoms with Gasteiger partial charge in [-0.1, -0.05) is 13.3 Å². The third kappa shape index (κ3) is 5.44. The molecule has 1 saturated heterocycles. The summed E-state index contributed by atoms with van der Waals surface area (Å²) < 4.78 is 0. The molecule has 2 atom stereocenters. The van der Waals surface area contributed by atoms with Gasteiger partial charge in [0.2, 0.25) is 11.8 Å². The van der Waals surface area contributed by atoms with Crippen LogP contribution >= 0.6 is 11.3 Å². The van der Waals surface area contributed by atoms with Gasteiger partial charge in [-0.05, 0) is 39.2 Å². The fourth-order valence-corrected chi connectivity index (χ4v) is 3.56. The second-order valence-corrected chi connectivity index (χ2v) is 7.51. The fraction of sp³-hybridized carbons (Fsp3) is 0.611. The third-order valence-corrected chi connectivity index (χ3v) is 5.04. The van der Waals surface area contributed by atoms with Crippen LogP contribution in [0.4, 0.5) is 0 Å². The molecule has 0 radical (unpaired) electrons. The Morgan fingerprint density at radius 2 is 2.33 bits per heavy atom. The van der Waals surface area contributed by atoms with Crippen LogP contribution in [0.25, 0.3) is 6.08 Å². The van der Waals surface area contributed by atoms with E-state index < -0.39 is 0 Å². The number of aromatic nitrogens is 1. The molecule has 1 aromatic heterocycles. The molecule has 5 nitrogen and oxygen atoms in total. The van der Waals surface area contributed by atoms with Crippen LogP contribution in [0.2, 0.25) is 0 Å². The summed E-state index contributed by atoms with van der Waals surface area (Å²) in [6.45, 7) is 7.31. The molecule has 2 rings (SSSR count). The SMILES string of the molecule is CCC[C@H](C)NC(=O)[C@@H]1CCCN(C(=O)/C=C\c2csc(C)n2)C1. The molecule has 0 bridgehead atoms. The number of likely N-dealkylation sites (tertiary alicyclic amines) is 1. The molecule has 0 saturated carbocycles. The van der Waals surface area contributed by atoms with Crippen molar-refractivity contribution in [2.75, 3.05) is 13.1 Å². The van der Waals surface area contributed by atoms with Gasteiger partial charge in [0.1, 0.15) is 0 Å². The highest BCUT2D eigenvalue weighted by Crippen LogP contribution is 2.18. The summed E-state index contributed by atoms with van der Waals surface area (Å²) in [4.78, 5) is 30.8. The van der Waals surface area contributed by atoms with Gasteiger partial charge in [-0.25, -0.2) is 4.98 Å². The van der Waals surface area contributed by atoms with E-state index in [0.717, 1.165) is 36.4 Å². The minimum atomic E-state index is -0.100. The molecule has 0 aliphatic carbocycles. The second-order valence-electron chi connectivity index (χ2n) is 6.45. The number of rotatable bonds is 6. The maximum absolute atomic E-state index is 12.4. The van der Waals surface area contributed by atoms with Gasteiger partial charge in [-0.15, -0.1) is 11.3 Å². The van der Waals surface area contributed by atoms with E-state index in [-0.39, 0.29) is 23.8 Å². The molecule has 1 aliphatic heterocycles. The number of thiazole rings is 1. The van der Waals surface area contributed by atoms with Gasteiger partial charge in [-0.3, -0.25) is 9.59 Å². The number of aryl methyl sites for hydroxylation is 1. The molecule has 2 amide bonds. The molecule has 1 aliphatic rings. The highest BCUT2D eigenvalue weighted by molar-refractivity contribution is 7.09. The van der Waals surface area contributed by atoms with Gasteiger partial charge < -0.3 is 10.2 Å². The van der Waals surface area contributed by atoms with Gasteiger partial charge >= 0.3 is 0 Å². The number of hydrogen-bond donors (Lipinski definition) is 1. The Morgan fingerprint density at radius 1 is 1.54 bits per heavy atom. The Balaban J connectivity index is 1.88. The first-order valence-corrected chi connectivity index (χ1v) is 9.57. The van der Waals surface area contributed by atoms with Gasteiger partial charge in [0.25, 0.3) is 0 Å². The van der Waals surface area contributed by atoms with Gasteiger partial charge in [-0.2, -0.15) is 0 Å². The van der Waals surface area contributed by atoms with E-state index in [1.54, 1.807) is 28.4 Å². The molecule has 0 spiro atoms. The average Bonchev–Trinajstić information content (AvgIpc) is 2.98. The van der Waals surface area contributed by atoms with Crippen LogP contribution in [0.15, 0.2) is 11.5 Å². The largest absolute Gasteiger partial charge is 0.353 e. The summed E-state index contributed by atoms with van der Waals surface area (Å²) in [6, 6.07) is 0.196. The number of piperidine rings is 1. The molecule has 132 valence electrons. The lowest BCUT2D eigenvalue weighted by atomic mass is 9.96. The molecule has 0 unspecified atom stereocenters. The van der Waals surface area contributed by atoms with Crippen LogP contribution in [0, 0.1) is 12.8 Å².